The van der Waals surface area contributed by atoms with Gasteiger partial charge in [0, 0.05) is 42.0 Å². The van der Waals surface area contributed by atoms with Gasteiger partial charge in [-0.1, -0.05) is 43.7 Å². The number of Topliss-reactive ketones (excluding diaryl/α,β-unsaturated/α-hetero) is 1. The van der Waals surface area contributed by atoms with Gasteiger partial charge >= 0.3 is 0 Å². The average Bonchev–Trinajstić information content (AvgIpc) is 3.16. The van der Waals surface area contributed by atoms with E-state index < -0.39 is 42.9 Å². The topological polar surface area (TPSA) is 166 Å². The van der Waals surface area contributed by atoms with Gasteiger partial charge in [-0.15, -0.1) is 0 Å². The summed E-state index contributed by atoms with van der Waals surface area (Å²) in [5.74, 6) is -0.175. The van der Waals surface area contributed by atoms with Gasteiger partial charge in [-0.05, 0) is 25.0 Å². The van der Waals surface area contributed by atoms with E-state index in [0.717, 1.165) is 5.57 Å². The zero-order chi connectivity index (χ0) is 29.4. The number of hydrogen-bond acceptors (Lipinski definition) is 10. The van der Waals surface area contributed by atoms with Gasteiger partial charge in [0.15, 0.2) is 5.78 Å². The maximum atomic E-state index is 12.9. The summed E-state index contributed by atoms with van der Waals surface area (Å²) < 4.78 is 17.2. The highest BCUT2D eigenvalue weighted by atomic mass is 16.7. The van der Waals surface area contributed by atoms with Crippen LogP contribution < -0.4 is 9.47 Å². The highest BCUT2D eigenvalue weighted by Crippen LogP contribution is 2.43. The number of phenolic OH excluding ortho intramolecular Hbond substituents is 1. The maximum Gasteiger partial charge on any atom is 0.229 e. The summed E-state index contributed by atoms with van der Waals surface area (Å²) in [5.41, 5.74) is 1.19. The number of aromatic hydroxyl groups is 1. The number of aliphatic hydroxyl groups excluding tert-OH is 4. The van der Waals surface area contributed by atoms with Gasteiger partial charge in [0.25, 0.3) is 0 Å². The first kappa shape index (κ1) is 30.0. The average molecular weight is 559 g/mol. The number of aliphatic hydroxyl groups is 5. The van der Waals surface area contributed by atoms with E-state index in [9.17, 15) is 35.4 Å². The molecule has 4 rings (SSSR count). The smallest absolute Gasteiger partial charge is 0.229 e. The molecule has 2 aliphatic rings. The molecule has 6 N–H and O–H groups in total. The molecule has 0 saturated carbocycles. The van der Waals surface area contributed by atoms with Crippen LogP contribution in [0.5, 0.6) is 17.2 Å². The molecule has 2 unspecified atom stereocenters. The molecule has 1 fully saturated rings. The summed E-state index contributed by atoms with van der Waals surface area (Å²) in [6.07, 6.45) is -3.59. The molecule has 0 spiro atoms. The molecule has 10 heteroatoms. The Morgan fingerprint density at radius 1 is 1.20 bits per heavy atom. The van der Waals surface area contributed by atoms with Crippen LogP contribution in [0.25, 0.3) is 0 Å². The molecule has 2 heterocycles. The Bertz CT molecular complexity index is 1270. The molecule has 0 amide bonds. The zero-order valence-electron chi connectivity index (χ0n) is 23.1. The lowest BCUT2D eigenvalue weighted by Gasteiger charge is -2.33. The molecule has 40 heavy (non-hydrogen) atoms. The van der Waals surface area contributed by atoms with E-state index in [2.05, 4.69) is 0 Å². The standard InChI is InChI=1S/C30H38O10/c1-15(2)7-19(32)9-18-8-17(5-6-21(18)26(35)16(3)4)27-23(34)12-22-24(39-27)10-20(33)11-25(22)40-29-28(36)30(37,13-31)14-38-29/h5-8,10-11,16,19,23,27-29,31-34,36-37H,9,12-14H2,1-4H3/t19?,23-,27-,28+,29+,30?/m1/s1. The third-order valence-corrected chi connectivity index (χ3v) is 7.19. The van der Waals surface area contributed by atoms with Crippen LogP contribution in [0, 0.1) is 5.92 Å². The Morgan fingerprint density at radius 2 is 1.93 bits per heavy atom. The number of phenols is 1. The minimum Gasteiger partial charge on any atom is -0.508 e. The summed E-state index contributed by atoms with van der Waals surface area (Å²) in [7, 11) is 0. The van der Waals surface area contributed by atoms with Crippen molar-refractivity contribution in [1.82, 2.24) is 0 Å². The first-order valence-electron chi connectivity index (χ1n) is 13.3. The lowest BCUT2D eigenvalue weighted by Crippen LogP contribution is -2.48. The van der Waals surface area contributed by atoms with Gasteiger partial charge < -0.3 is 44.8 Å². The van der Waals surface area contributed by atoms with E-state index in [1.165, 1.54) is 12.1 Å². The molecule has 2 aromatic rings. The fourth-order valence-corrected chi connectivity index (χ4v) is 5.04. The van der Waals surface area contributed by atoms with Crippen molar-refractivity contribution >= 4 is 5.78 Å². The molecule has 218 valence electrons. The van der Waals surface area contributed by atoms with Crippen molar-refractivity contribution < 1.29 is 49.6 Å². The summed E-state index contributed by atoms with van der Waals surface area (Å²) in [6, 6.07) is 7.83. The predicted octanol–water partition coefficient (Wildman–Crippen LogP) is 1.96. The Balaban J connectivity index is 1.64. The first-order valence-corrected chi connectivity index (χ1v) is 13.3. The van der Waals surface area contributed by atoms with Crippen molar-refractivity contribution in [3.8, 4) is 17.2 Å². The Morgan fingerprint density at radius 3 is 2.55 bits per heavy atom. The molecular formula is C30H38O10. The van der Waals surface area contributed by atoms with Crippen LogP contribution in [0.3, 0.4) is 0 Å². The summed E-state index contributed by atoms with van der Waals surface area (Å²) in [5, 5.41) is 62.1. The second-order valence-electron chi connectivity index (χ2n) is 11.2. The Kier molecular flexibility index (Phi) is 8.89. The second kappa shape index (κ2) is 11.9. The minimum atomic E-state index is -1.89. The van der Waals surface area contributed by atoms with Gasteiger partial charge in [0.05, 0.1) is 25.4 Å². The number of ether oxygens (including phenoxy) is 3. The van der Waals surface area contributed by atoms with E-state index in [0.29, 0.717) is 22.3 Å². The fraction of sp³-hybridized carbons (Fsp3) is 0.500. The Labute approximate surface area is 233 Å². The van der Waals surface area contributed by atoms with Crippen LogP contribution in [-0.4, -0.2) is 79.8 Å². The Hall–Kier alpha value is -2.99. The zero-order valence-corrected chi connectivity index (χ0v) is 23.1. The van der Waals surface area contributed by atoms with Crippen molar-refractivity contribution in [2.75, 3.05) is 13.2 Å². The quantitative estimate of drug-likeness (QED) is 0.198. The van der Waals surface area contributed by atoms with Crippen LogP contribution >= 0.6 is 0 Å². The molecule has 2 aromatic carbocycles. The van der Waals surface area contributed by atoms with Gasteiger partial charge in [0.2, 0.25) is 6.29 Å². The van der Waals surface area contributed by atoms with Crippen molar-refractivity contribution in [2.45, 2.75) is 76.8 Å². The number of rotatable bonds is 9. The predicted molar refractivity (Wildman–Crippen MR) is 144 cm³/mol. The monoisotopic (exact) mass is 558 g/mol. The van der Waals surface area contributed by atoms with Crippen molar-refractivity contribution in [3.63, 3.8) is 0 Å². The fourth-order valence-electron chi connectivity index (χ4n) is 5.04. The number of ketones is 1. The molecule has 0 aliphatic carbocycles. The van der Waals surface area contributed by atoms with Crippen LogP contribution in [0.4, 0.5) is 0 Å². The molecule has 0 bridgehead atoms. The lowest BCUT2D eigenvalue weighted by atomic mass is 9.88. The van der Waals surface area contributed by atoms with Crippen molar-refractivity contribution in [3.05, 3.63) is 64.2 Å². The summed E-state index contributed by atoms with van der Waals surface area (Å²) >= 11 is 0. The van der Waals surface area contributed by atoms with Crippen LogP contribution in [0.1, 0.15) is 60.8 Å². The maximum absolute atomic E-state index is 12.9. The van der Waals surface area contributed by atoms with E-state index in [4.69, 9.17) is 14.2 Å². The minimum absolute atomic E-state index is 0.0578. The van der Waals surface area contributed by atoms with Crippen molar-refractivity contribution in [1.29, 1.82) is 0 Å². The normalized spacial score (nSPS) is 26.6. The van der Waals surface area contributed by atoms with E-state index in [1.807, 2.05) is 27.7 Å². The molecule has 1 saturated heterocycles. The summed E-state index contributed by atoms with van der Waals surface area (Å²) in [6.45, 7) is 6.29. The van der Waals surface area contributed by atoms with Gasteiger partial charge in [0.1, 0.15) is 35.1 Å². The number of carbonyl (C=O) groups excluding carboxylic acids is 1. The molecule has 6 atom stereocenters. The number of benzene rings is 2. The SMILES string of the molecule is CC(C)=CC(O)Cc1cc([C@H]2Oc3cc(O)cc(O[C@@H]4OCC(O)(CO)[C@H]4O)c3C[C@H]2O)ccc1C(=O)C(C)C. The highest BCUT2D eigenvalue weighted by molar-refractivity contribution is 5.98. The third kappa shape index (κ3) is 6.17. The number of allylic oxidation sites excluding steroid dienone is 1. The highest BCUT2D eigenvalue weighted by Gasteiger charge is 2.49. The van der Waals surface area contributed by atoms with Crippen LogP contribution in [0.15, 0.2) is 42.0 Å². The van der Waals surface area contributed by atoms with Gasteiger partial charge in [-0.25, -0.2) is 0 Å². The first-order chi connectivity index (χ1) is 18.8. The number of carbonyl (C=O) groups is 1. The van der Waals surface area contributed by atoms with E-state index >= 15 is 0 Å². The summed E-state index contributed by atoms with van der Waals surface area (Å²) in [4.78, 5) is 12.9. The largest absolute Gasteiger partial charge is 0.508 e. The van der Waals surface area contributed by atoms with E-state index in [-0.39, 0.29) is 48.4 Å². The number of hydrogen-bond donors (Lipinski definition) is 6. The van der Waals surface area contributed by atoms with Crippen molar-refractivity contribution in [2.24, 2.45) is 5.92 Å². The lowest BCUT2D eigenvalue weighted by molar-refractivity contribution is -0.116. The molecule has 0 radical (unpaired) electrons. The second-order valence-corrected chi connectivity index (χ2v) is 11.2. The van der Waals surface area contributed by atoms with Gasteiger partial charge in [-0.3, -0.25) is 4.79 Å². The molecule has 10 nitrogen and oxygen atoms in total. The molecule has 0 aromatic heterocycles. The molecular weight excluding hydrogens is 520 g/mol. The molecule has 2 aliphatic heterocycles. The number of fused-ring (bicyclic) bond motifs is 1. The van der Waals surface area contributed by atoms with Gasteiger partial charge in [-0.2, -0.15) is 0 Å². The van der Waals surface area contributed by atoms with E-state index in [1.54, 1.807) is 24.3 Å². The van der Waals surface area contributed by atoms with Crippen LogP contribution in [-0.2, 0) is 17.6 Å². The third-order valence-electron chi connectivity index (χ3n) is 7.19. The van der Waals surface area contributed by atoms with Crippen LogP contribution in [0.2, 0.25) is 0 Å².